The number of carboxylic acid groups (broad SMARTS) is 1. The van der Waals surface area contributed by atoms with E-state index in [1.54, 1.807) is 64.2 Å². The van der Waals surface area contributed by atoms with E-state index < -0.39 is 5.97 Å². The summed E-state index contributed by atoms with van der Waals surface area (Å²) in [6, 6.07) is 37.3. The second kappa shape index (κ2) is 40.7. The predicted molar refractivity (Wildman–Crippen MR) is 462 cm³/mol. The molecule has 0 aliphatic carbocycles. The molecule has 4 N–H and O–H groups in total. The van der Waals surface area contributed by atoms with Crippen LogP contribution in [0, 0.1) is 35.6 Å². The zero-order valence-corrected chi connectivity index (χ0v) is 72.2. The number of aliphatic carboxylic acids is 1. The van der Waals surface area contributed by atoms with Gasteiger partial charge in [-0.25, -0.2) is 48.6 Å². The molecule has 3 saturated heterocycles. The molecule has 0 radical (unpaired) electrons. The van der Waals surface area contributed by atoms with Gasteiger partial charge in [-0.1, -0.05) is 34.8 Å². The Bertz CT molecular complexity index is 5480. The summed E-state index contributed by atoms with van der Waals surface area (Å²) in [4.78, 5) is 83.1. The fourth-order valence-corrected chi connectivity index (χ4v) is 15.2. The molecule has 3 fully saturated rings. The number of amides is 2. The Balaban J connectivity index is 0.000000149. The molecule has 112 heavy (non-hydrogen) atoms. The molecule has 0 spiro atoms. The molecule has 17 rings (SSSR count). The second-order valence-corrected chi connectivity index (χ2v) is 30.8. The third-order valence-corrected chi connectivity index (χ3v) is 23.4. The van der Waals surface area contributed by atoms with Crippen LogP contribution in [0.2, 0.25) is 15.1 Å². The van der Waals surface area contributed by atoms with E-state index in [0.717, 1.165) is 143 Å². The maximum absolute atomic E-state index is 13.1. The number of oxazole rings is 1. The predicted octanol–water partition coefficient (Wildman–Crippen LogP) is 9.94. The van der Waals surface area contributed by atoms with E-state index in [9.17, 15) is 19.2 Å². The molecule has 2 amide bonds. The monoisotopic (exact) mass is 2010 g/mol. The van der Waals surface area contributed by atoms with E-state index in [0.29, 0.717) is 66.9 Å². The molecule has 11 aromatic heterocycles. The van der Waals surface area contributed by atoms with Gasteiger partial charge in [0.1, 0.15) is 52.9 Å². The number of aryl methyl sites for hydroxylation is 3. The quantitative estimate of drug-likeness (QED) is 0.0756. The number of benzene rings is 3. The molecule has 0 saturated carbocycles. The number of rotatable bonds is 12. The van der Waals surface area contributed by atoms with Crippen molar-refractivity contribution in [1.82, 2.24) is 94.3 Å². The standard InChI is InChI=1S/C22H21ClN6O2.C19H19ClIN5O.C11H15ClN2.C9H8IN3O.C8H6IN3O2.C6H4IN3.Li.H2O/c1-15-13-16(4-5-18(15)23)27-8-10-28(11-9-27)19(30)14-29-20(22-25-7-12-31-22)17-3-2-6-24-21(17)26-29;1-13-11-14(4-5-16(13)20)24-7-9-25(10-8-24)17(27)12-26-18(21)15-3-2-6-22-19(15)23-26;1-9-8-10(2-3-11(9)12)14-6-4-13-5-7-14;1-6(14)5-13-8(10)7-3-2-4-11-9(7)12-13;9-7-5-2-1-3-10-8(5)11-12(7)4-6(13)14;7-5-4-2-1-3-8-6(4)10-9-5;;/h2-7,12-13H,8-11,14H2,1H3;2-6,11H,7-10,12H2,1H3;2-3,8,13H,4-7H2,1H3;2-4H,5H2,1H3;1-3H,4H2,(H,13,14);1-3H,(H,8,9,10);;1H2/q;;;;;;+1;/p-1. The average molecular weight is 2020 g/mol. The van der Waals surface area contributed by atoms with Crippen LogP contribution in [0.4, 0.5) is 17.1 Å². The number of anilines is 3. The van der Waals surface area contributed by atoms with E-state index in [-0.39, 0.29) is 61.6 Å². The van der Waals surface area contributed by atoms with E-state index in [1.807, 2.05) is 116 Å². The van der Waals surface area contributed by atoms with Crippen LogP contribution in [0.25, 0.3) is 66.8 Å². The number of aromatic nitrogens is 16. The van der Waals surface area contributed by atoms with E-state index >= 15 is 0 Å². The Kier molecular flexibility index (Phi) is 31.3. The average Bonchev–Trinajstić information content (AvgIpc) is 1.60. The number of pyridine rings is 5. The van der Waals surface area contributed by atoms with Gasteiger partial charge in [-0.3, -0.25) is 24.3 Å². The van der Waals surface area contributed by atoms with Crippen LogP contribution in [0.5, 0.6) is 0 Å². The van der Waals surface area contributed by atoms with Crippen molar-refractivity contribution in [2.75, 3.05) is 93.2 Å². The van der Waals surface area contributed by atoms with Crippen molar-refractivity contribution < 1.29 is 53.0 Å². The largest absolute Gasteiger partial charge is 1.00 e. The molecule has 3 aromatic carbocycles. The Morgan fingerprint density at radius 1 is 0.455 bits per heavy atom. The molecule has 14 aromatic rings. The molecular formula is C75H74Cl3I4LiN22O7. The van der Waals surface area contributed by atoms with Crippen LogP contribution in [0.1, 0.15) is 23.6 Å². The van der Waals surface area contributed by atoms with Crippen LogP contribution in [-0.2, 0) is 45.4 Å². The van der Waals surface area contributed by atoms with Crippen molar-refractivity contribution in [2.45, 2.75) is 53.9 Å². The molecule has 0 bridgehead atoms. The van der Waals surface area contributed by atoms with E-state index in [4.69, 9.17) is 44.3 Å². The van der Waals surface area contributed by atoms with E-state index in [1.165, 1.54) is 16.6 Å². The van der Waals surface area contributed by atoms with Crippen molar-refractivity contribution in [2.24, 2.45) is 0 Å². The second-order valence-electron chi connectivity index (χ2n) is 25.5. The van der Waals surface area contributed by atoms with Crippen molar-refractivity contribution >= 4 is 221 Å². The third kappa shape index (κ3) is 21.8. The Morgan fingerprint density at radius 2 is 0.821 bits per heavy atom. The first-order valence-corrected chi connectivity index (χ1v) is 40.2. The minimum absolute atomic E-state index is 0. The fourth-order valence-electron chi connectivity index (χ4n) is 12.2. The smallest absolute Gasteiger partial charge is 0.870 e. The first-order valence-electron chi connectivity index (χ1n) is 34.7. The zero-order chi connectivity index (χ0) is 77.5. The summed E-state index contributed by atoms with van der Waals surface area (Å²) >= 11 is 26.9. The number of halogens is 7. The maximum Gasteiger partial charge on any atom is 1.00 e. The number of hydrogen-bond acceptors (Lipinski definition) is 21. The topological polar surface area (TPSA) is 337 Å². The Hall–Kier alpha value is -8.24. The third-order valence-electron chi connectivity index (χ3n) is 17.9. The maximum atomic E-state index is 13.1. The van der Waals surface area contributed by atoms with Gasteiger partial charge in [-0.15, -0.1) is 0 Å². The van der Waals surface area contributed by atoms with Crippen molar-refractivity contribution in [3.05, 3.63) is 205 Å². The number of carboxylic acids is 1. The summed E-state index contributed by atoms with van der Waals surface area (Å²) in [6.45, 7) is 18.3. The van der Waals surface area contributed by atoms with Gasteiger partial charge in [0, 0.05) is 142 Å². The molecular weight excluding hydrogens is 1940 g/mol. The minimum Gasteiger partial charge on any atom is -0.870 e. The van der Waals surface area contributed by atoms with Crippen LogP contribution in [0.3, 0.4) is 0 Å². The summed E-state index contributed by atoms with van der Waals surface area (Å²) in [6.07, 6.45) is 11.6. The number of hydrogen-bond donors (Lipinski definition) is 3. The first kappa shape index (κ1) is 86.2. The van der Waals surface area contributed by atoms with Gasteiger partial charge >= 0.3 is 24.8 Å². The van der Waals surface area contributed by atoms with Crippen LogP contribution in [0.15, 0.2) is 163 Å². The van der Waals surface area contributed by atoms with Crippen molar-refractivity contribution in [3.63, 3.8) is 0 Å². The molecule has 0 unspecified atom stereocenters. The number of piperazine rings is 3. The number of carbonyl (C=O) groups excluding carboxylic acids is 3. The van der Waals surface area contributed by atoms with Gasteiger partial charge in [-0.05, 0) is 250 Å². The number of H-pyrrole nitrogens is 1. The van der Waals surface area contributed by atoms with Gasteiger partial charge in [0.25, 0.3) is 0 Å². The normalized spacial score (nSPS) is 13.3. The molecule has 3 aliphatic heterocycles. The van der Waals surface area contributed by atoms with Gasteiger partial charge in [0.15, 0.2) is 34.0 Å². The van der Waals surface area contributed by atoms with Gasteiger partial charge in [0.05, 0.1) is 33.1 Å². The van der Waals surface area contributed by atoms with E-state index in [2.05, 4.69) is 195 Å². The summed E-state index contributed by atoms with van der Waals surface area (Å²) in [5, 5.41) is 43.2. The number of carbonyl (C=O) groups is 4. The van der Waals surface area contributed by atoms with Crippen LogP contribution < -0.4 is 38.9 Å². The number of aromatic amines is 1. The SMILES string of the molecule is CC(=O)Cn1nc2ncccc2c1I.Cc1cc(N2CCN(C(=O)Cn3nc4ncccc4c3-c3ncco3)CC2)ccc1Cl.Cc1cc(N2CCN(C(=O)Cn3nc4ncccc4c3I)CC2)ccc1Cl.Cc1cc(N2CCNCC2)ccc1Cl.Ic1[nH]nc2ncccc12.O=C(O)Cn1nc2ncccc2c1I.[Li+].[OH-]. The Labute approximate surface area is 725 Å². The van der Waals surface area contributed by atoms with Crippen LogP contribution in [-0.4, -0.2) is 202 Å². The first-order chi connectivity index (χ1) is 53.1. The summed E-state index contributed by atoms with van der Waals surface area (Å²) < 4.78 is 15.7. The molecule has 29 nitrogen and oxygen atoms in total. The fraction of sp³-hybridized carbons (Fsp3) is 0.267. The van der Waals surface area contributed by atoms with Crippen LogP contribution >= 0.6 is 125 Å². The summed E-state index contributed by atoms with van der Waals surface area (Å²) in [5.41, 5.74) is 10.8. The van der Waals surface area contributed by atoms with Gasteiger partial charge < -0.3 is 44.8 Å². The van der Waals surface area contributed by atoms with Gasteiger partial charge in [-0.2, -0.15) is 25.5 Å². The number of ketones is 1. The molecule has 576 valence electrons. The number of nitrogens with zero attached hydrogens (tertiary/aromatic N) is 20. The number of Topliss-reactive ketones (excluding diaryl/α,β-unsaturated/α-hetero) is 1. The minimum atomic E-state index is -0.907. The zero-order valence-electron chi connectivity index (χ0n) is 61.4. The molecule has 3 aliphatic rings. The Morgan fingerprint density at radius 3 is 1.21 bits per heavy atom. The van der Waals surface area contributed by atoms with Gasteiger partial charge in [0.2, 0.25) is 17.7 Å². The summed E-state index contributed by atoms with van der Waals surface area (Å²) in [7, 11) is 0. The molecule has 37 heteroatoms. The summed E-state index contributed by atoms with van der Waals surface area (Å²) in [5.74, 6) is -0.294. The molecule has 14 heterocycles. The van der Waals surface area contributed by atoms with Crippen molar-refractivity contribution in [3.8, 4) is 11.6 Å². The van der Waals surface area contributed by atoms with Crippen molar-refractivity contribution in [1.29, 1.82) is 0 Å². The number of fused-ring (bicyclic) bond motifs is 5. The molecule has 0 atom stereocenters. The number of nitrogens with one attached hydrogen (secondary N) is 2.